The minimum absolute atomic E-state index is 0.130. The zero-order chi connectivity index (χ0) is 63.6. The number of methoxy groups -OCH3 is 1. The Labute approximate surface area is 529 Å². The van der Waals surface area contributed by atoms with E-state index in [0.29, 0.717) is 84.0 Å². The van der Waals surface area contributed by atoms with Gasteiger partial charge in [-0.25, -0.2) is 0 Å². The van der Waals surface area contributed by atoms with Crippen molar-refractivity contribution >= 4 is 23.9 Å². The van der Waals surface area contributed by atoms with E-state index < -0.39 is 34.2 Å². The van der Waals surface area contributed by atoms with E-state index in [4.69, 9.17) is 37.9 Å². The first-order valence-electron chi connectivity index (χ1n) is 35.9. The molecule has 0 saturated heterocycles. The smallest absolute Gasteiger partial charge is 0.305 e. The molecule has 0 aromatic carbocycles. The molecule has 5 atom stereocenters. The Morgan fingerprint density at radius 1 is 0.349 bits per heavy atom. The summed E-state index contributed by atoms with van der Waals surface area (Å²) in [6, 6.07) is 0. The van der Waals surface area contributed by atoms with Crippen molar-refractivity contribution in [3.63, 3.8) is 0 Å². The molecule has 2 aliphatic carbocycles. The second kappa shape index (κ2) is 51.3. The summed E-state index contributed by atoms with van der Waals surface area (Å²) < 4.78 is 49.3. The van der Waals surface area contributed by atoms with Crippen molar-refractivity contribution in [2.24, 2.45) is 21.7 Å². The molecule has 2 aliphatic rings. The molecule has 0 spiro atoms. The molecule has 5 unspecified atom stereocenters. The van der Waals surface area contributed by atoms with Crippen LogP contribution in [0.2, 0.25) is 0 Å². The van der Waals surface area contributed by atoms with Crippen LogP contribution in [0.1, 0.15) is 314 Å². The number of ether oxygens (including phenoxy) is 8. The highest BCUT2D eigenvalue weighted by Crippen LogP contribution is 2.66. The van der Waals surface area contributed by atoms with E-state index in [1.165, 1.54) is 116 Å². The fourth-order valence-electron chi connectivity index (χ4n) is 13.8. The maximum absolute atomic E-state index is 13.9. The SMILES string of the molecule is CCCCCCCC.CCCCCCCCOC(CCC(=O)OCC12CC(C)(COC(=O)CCCN(CC)CC)CC(COC(=O)CCCN(CC)CC)(CC(C)(COC(=O)CCC(OCCCCCCCC)OCCCCCCCC)C1)C2)OC. The minimum atomic E-state index is -0.596. The molecule has 2 fully saturated rings. The normalized spacial score (nSPS) is 20.5. The van der Waals surface area contributed by atoms with E-state index in [1.54, 1.807) is 7.11 Å². The van der Waals surface area contributed by atoms with Crippen molar-refractivity contribution in [2.75, 3.05) is 92.6 Å². The molecule has 2 rings (SSSR count). The molecule has 0 radical (unpaired) electrons. The van der Waals surface area contributed by atoms with Crippen LogP contribution in [0.3, 0.4) is 0 Å². The Hall–Kier alpha value is -2.36. The fraction of sp³-hybridized carbons (Fsp3) is 0.944. The summed E-state index contributed by atoms with van der Waals surface area (Å²) in [6.07, 6.45) is 34.6. The van der Waals surface area contributed by atoms with Crippen molar-refractivity contribution in [3.8, 4) is 0 Å². The molecule has 2 saturated carbocycles. The van der Waals surface area contributed by atoms with Crippen LogP contribution in [0.5, 0.6) is 0 Å². The van der Waals surface area contributed by atoms with Crippen molar-refractivity contribution in [1.29, 1.82) is 0 Å². The number of carbonyl (C=O) groups excluding carboxylic acids is 4. The summed E-state index contributed by atoms with van der Waals surface area (Å²) in [5.41, 5.74) is -2.24. The molecule has 86 heavy (non-hydrogen) atoms. The summed E-state index contributed by atoms with van der Waals surface area (Å²) in [6.45, 7) is 31.8. The first-order valence-corrected chi connectivity index (χ1v) is 35.9. The molecule has 0 aromatic heterocycles. The third-order valence-corrected chi connectivity index (χ3v) is 18.0. The van der Waals surface area contributed by atoms with Gasteiger partial charge in [-0.1, -0.05) is 211 Å². The van der Waals surface area contributed by atoms with Gasteiger partial charge in [0.1, 0.15) is 0 Å². The number of rotatable bonds is 56. The summed E-state index contributed by atoms with van der Waals surface area (Å²) >= 11 is 0. The largest absolute Gasteiger partial charge is 0.465 e. The summed E-state index contributed by atoms with van der Waals surface area (Å²) in [5, 5.41) is 0. The molecule has 2 bridgehead atoms. The van der Waals surface area contributed by atoms with E-state index in [0.717, 1.165) is 84.2 Å². The monoisotopic (exact) mass is 1220 g/mol. The zero-order valence-electron chi connectivity index (χ0n) is 58.3. The number of carbonyl (C=O) groups is 4. The Morgan fingerprint density at radius 2 is 0.628 bits per heavy atom. The highest BCUT2D eigenvalue weighted by molar-refractivity contribution is 5.70. The molecule has 0 aromatic rings. The Morgan fingerprint density at radius 3 is 0.942 bits per heavy atom. The molecule has 0 N–H and O–H groups in total. The maximum Gasteiger partial charge on any atom is 0.305 e. The quantitative estimate of drug-likeness (QED) is 0.0246. The van der Waals surface area contributed by atoms with Gasteiger partial charge in [0.05, 0.1) is 39.3 Å². The number of fused-ring (bicyclic) bond motifs is 2. The lowest BCUT2D eigenvalue weighted by atomic mass is 9.44. The number of hydrogen-bond acceptors (Lipinski definition) is 14. The van der Waals surface area contributed by atoms with Crippen LogP contribution in [0.25, 0.3) is 0 Å². The van der Waals surface area contributed by atoms with Gasteiger partial charge in [0, 0.05) is 74.3 Å². The van der Waals surface area contributed by atoms with Crippen molar-refractivity contribution in [1.82, 2.24) is 9.80 Å². The molecule has 14 nitrogen and oxygen atoms in total. The number of hydrogen-bond donors (Lipinski definition) is 0. The van der Waals surface area contributed by atoms with E-state index in [1.807, 2.05) is 0 Å². The van der Waals surface area contributed by atoms with Gasteiger partial charge in [-0.2, -0.15) is 0 Å². The van der Waals surface area contributed by atoms with Gasteiger partial charge < -0.3 is 47.7 Å². The maximum atomic E-state index is 13.9. The third kappa shape index (κ3) is 39.7. The van der Waals surface area contributed by atoms with Crippen LogP contribution >= 0.6 is 0 Å². The highest BCUT2D eigenvalue weighted by atomic mass is 16.7. The third-order valence-electron chi connectivity index (χ3n) is 18.0. The van der Waals surface area contributed by atoms with Gasteiger partial charge in [-0.15, -0.1) is 0 Å². The van der Waals surface area contributed by atoms with Gasteiger partial charge in [-0.05, 0) is 103 Å². The van der Waals surface area contributed by atoms with Crippen LogP contribution in [0, 0.1) is 21.7 Å². The molecule has 0 amide bonds. The standard InChI is InChI=1S/C64H120N2O12.C8H18/c1-11-18-21-24-27-30-43-72-59(71-10)39-37-58(70)78-54-64-47-61(8,51-75-55(67)35-33-41-65(14-4)15-5)46-63(50-64,53-77-56(68)36-34-42-66(16-6)17-7)48-62(9,49-64)52-76-57(69)38-40-60(73-44-31-28-25-22-19-12-2)74-45-32-29-26-23-20-13-3;1-3-5-7-8-6-4-2/h59-60H,11-54H2,1-10H3;3-8H2,1-2H3. The van der Waals surface area contributed by atoms with Gasteiger partial charge >= 0.3 is 23.9 Å². The van der Waals surface area contributed by atoms with Gasteiger partial charge in [-0.3, -0.25) is 19.2 Å². The van der Waals surface area contributed by atoms with Crippen molar-refractivity contribution < 1.29 is 57.1 Å². The first-order chi connectivity index (χ1) is 41.5. The highest BCUT2D eigenvalue weighted by Gasteiger charge is 2.61. The van der Waals surface area contributed by atoms with E-state index in [-0.39, 0.29) is 63.1 Å². The fourth-order valence-corrected chi connectivity index (χ4v) is 13.8. The minimum Gasteiger partial charge on any atom is -0.465 e. The lowest BCUT2D eigenvalue weighted by Gasteiger charge is -2.62. The van der Waals surface area contributed by atoms with Gasteiger partial charge in [0.25, 0.3) is 0 Å². The Balaban J connectivity index is 0.00000428. The van der Waals surface area contributed by atoms with Gasteiger partial charge in [0.2, 0.25) is 0 Å². The Kier molecular flexibility index (Phi) is 48.7. The zero-order valence-corrected chi connectivity index (χ0v) is 58.3. The van der Waals surface area contributed by atoms with E-state index in [2.05, 4.69) is 86.0 Å². The molecule has 0 heterocycles. The summed E-state index contributed by atoms with van der Waals surface area (Å²) in [7, 11) is 1.61. The van der Waals surface area contributed by atoms with E-state index in [9.17, 15) is 19.2 Å². The molecule has 14 heteroatoms. The van der Waals surface area contributed by atoms with Crippen LogP contribution in [-0.4, -0.2) is 139 Å². The predicted molar refractivity (Wildman–Crippen MR) is 352 cm³/mol. The lowest BCUT2D eigenvalue weighted by Crippen LogP contribution is -2.58. The number of nitrogens with zero attached hydrogens (tertiary/aromatic N) is 2. The molecule has 0 aliphatic heterocycles. The van der Waals surface area contributed by atoms with Crippen molar-refractivity contribution in [3.05, 3.63) is 0 Å². The predicted octanol–water partition coefficient (Wildman–Crippen LogP) is 17.7. The Bertz CT molecular complexity index is 1640. The topological polar surface area (TPSA) is 149 Å². The average molecular weight is 1220 g/mol. The molecular weight excluding hydrogens is 1080 g/mol. The second-order valence-electron chi connectivity index (χ2n) is 26.9. The van der Waals surface area contributed by atoms with Crippen LogP contribution in [0.4, 0.5) is 0 Å². The van der Waals surface area contributed by atoms with Crippen LogP contribution in [0.15, 0.2) is 0 Å². The molecular formula is C72H138N2O12. The van der Waals surface area contributed by atoms with Crippen LogP contribution < -0.4 is 0 Å². The van der Waals surface area contributed by atoms with Crippen LogP contribution in [-0.2, 0) is 57.1 Å². The van der Waals surface area contributed by atoms with Crippen molar-refractivity contribution in [2.45, 2.75) is 326 Å². The lowest BCUT2D eigenvalue weighted by molar-refractivity contribution is -0.197. The number of esters is 4. The summed E-state index contributed by atoms with van der Waals surface area (Å²) in [5.74, 6) is -1.10. The number of unbranched alkanes of at least 4 members (excludes halogenated alkanes) is 20. The molecule has 508 valence electrons. The summed E-state index contributed by atoms with van der Waals surface area (Å²) in [4.78, 5) is 59.3. The average Bonchev–Trinajstić information content (AvgIpc) is 0.890. The van der Waals surface area contributed by atoms with Gasteiger partial charge in [0.15, 0.2) is 12.6 Å². The van der Waals surface area contributed by atoms with E-state index >= 15 is 0 Å². The second-order valence-corrected chi connectivity index (χ2v) is 26.9. The first kappa shape index (κ1) is 81.7.